The average molecular weight is 387 g/mol. The van der Waals surface area contributed by atoms with Gasteiger partial charge in [-0.05, 0) is 44.4 Å². The molecule has 1 aliphatic heterocycles. The van der Waals surface area contributed by atoms with Gasteiger partial charge >= 0.3 is 0 Å². The van der Waals surface area contributed by atoms with Crippen molar-refractivity contribution in [2.75, 3.05) is 31.2 Å². The molecule has 1 saturated carbocycles. The number of anilines is 1. The summed E-state index contributed by atoms with van der Waals surface area (Å²) in [6, 6.07) is 4.20. The zero-order valence-corrected chi connectivity index (χ0v) is 16.8. The Morgan fingerprint density at radius 3 is 2.56 bits per heavy atom. The highest BCUT2D eigenvalue weighted by Gasteiger charge is 2.26. The second-order valence-corrected chi connectivity index (χ2v) is 8.33. The van der Waals surface area contributed by atoms with Crippen molar-refractivity contribution in [1.82, 2.24) is 15.3 Å². The number of carbonyl (C=O) groups excluding carboxylic acids is 1. The Morgan fingerprint density at radius 2 is 1.93 bits per heavy atom. The third kappa shape index (κ3) is 4.14. The Morgan fingerprint density at radius 1 is 1.22 bits per heavy atom. The van der Waals surface area contributed by atoms with E-state index in [4.69, 9.17) is 9.72 Å². The Bertz CT molecular complexity index is 805. The second-order valence-electron chi connectivity index (χ2n) is 7.36. The van der Waals surface area contributed by atoms with E-state index in [2.05, 4.69) is 27.3 Å². The number of ether oxygens (including phenoxy) is 1. The van der Waals surface area contributed by atoms with Crippen LogP contribution in [0.15, 0.2) is 12.1 Å². The Labute approximate surface area is 164 Å². The number of carbonyl (C=O) groups is 1. The van der Waals surface area contributed by atoms with Crippen LogP contribution in [-0.2, 0) is 16.1 Å². The van der Waals surface area contributed by atoms with E-state index in [0.29, 0.717) is 6.54 Å². The SMILES string of the molecule is Cc1cc(-c2sc(N3CCOCC3)nc2CNC(=O)C2CCC2)cc(C)n1. The first-order chi connectivity index (χ1) is 13.1. The molecule has 144 valence electrons. The van der Waals surface area contributed by atoms with Gasteiger partial charge < -0.3 is 15.0 Å². The van der Waals surface area contributed by atoms with Gasteiger partial charge in [-0.3, -0.25) is 9.78 Å². The number of aromatic nitrogens is 2. The number of rotatable bonds is 5. The summed E-state index contributed by atoms with van der Waals surface area (Å²) in [5, 5.41) is 4.11. The highest BCUT2D eigenvalue weighted by atomic mass is 32.1. The number of nitrogens with zero attached hydrogens (tertiary/aromatic N) is 3. The predicted octanol–water partition coefficient (Wildman–Crippen LogP) is 3.07. The van der Waals surface area contributed by atoms with Crippen molar-refractivity contribution >= 4 is 22.4 Å². The molecule has 1 amide bonds. The summed E-state index contributed by atoms with van der Waals surface area (Å²) in [7, 11) is 0. The maximum absolute atomic E-state index is 12.3. The van der Waals surface area contributed by atoms with Crippen molar-refractivity contribution in [2.24, 2.45) is 5.92 Å². The Hall–Kier alpha value is -1.99. The van der Waals surface area contributed by atoms with Gasteiger partial charge in [-0.15, -0.1) is 0 Å². The molecule has 1 aliphatic carbocycles. The van der Waals surface area contributed by atoms with Gasteiger partial charge in [0.25, 0.3) is 0 Å². The smallest absolute Gasteiger partial charge is 0.223 e. The van der Waals surface area contributed by atoms with Gasteiger partial charge in [0.15, 0.2) is 5.13 Å². The fraction of sp³-hybridized carbons (Fsp3) is 0.550. The molecule has 0 aromatic carbocycles. The molecule has 7 heteroatoms. The number of aryl methyl sites for hydroxylation is 2. The minimum Gasteiger partial charge on any atom is -0.378 e. The van der Waals surface area contributed by atoms with Crippen molar-refractivity contribution in [2.45, 2.75) is 39.7 Å². The van der Waals surface area contributed by atoms with Crippen LogP contribution in [0, 0.1) is 19.8 Å². The molecule has 0 unspecified atom stereocenters. The molecule has 2 aromatic heterocycles. The first kappa shape index (κ1) is 18.4. The van der Waals surface area contributed by atoms with Gasteiger partial charge in [-0.2, -0.15) is 0 Å². The minimum atomic E-state index is 0.162. The van der Waals surface area contributed by atoms with Gasteiger partial charge in [0.05, 0.1) is 30.3 Å². The summed E-state index contributed by atoms with van der Waals surface area (Å²) in [5.41, 5.74) is 4.07. The molecule has 1 saturated heterocycles. The fourth-order valence-electron chi connectivity index (χ4n) is 3.53. The number of nitrogens with one attached hydrogen (secondary N) is 1. The monoisotopic (exact) mass is 386 g/mol. The lowest BCUT2D eigenvalue weighted by atomic mass is 9.85. The van der Waals surface area contributed by atoms with E-state index in [0.717, 1.165) is 78.2 Å². The fourth-order valence-corrected chi connectivity index (χ4v) is 4.65. The summed E-state index contributed by atoms with van der Waals surface area (Å²) in [6.07, 6.45) is 3.19. The molecule has 1 N–H and O–H groups in total. The lowest BCUT2D eigenvalue weighted by Gasteiger charge is -2.26. The normalized spacial score (nSPS) is 17.6. The molecule has 2 aliphatic rings. The average Bonchev–Trinajstić information content (AvgIpc) is 3.03. The number of pyridine rings is 1. The number of amides is 1. The summed E-state index contributed by atoms with van der Waals surface area (Å²) in [4.78, 5) is 25.1. The third-order valence-electron chi connectivity index (χ3n) is 5.22. The first-order valence-electron chi connectivity index (χ1n) is 9.66. The van der Waals surface area contributed by atoms with Gasteiger partial charge in [-0.1, -0.05) is 17.8 Å². The third-order valence-corrected chi connectivity index (χ3v) is 6.42. The quantitative estimate of drug-likeness (QED) is 0.855. The van der Waals surface area contributed by atoms with Crippen LogP contribution < -0.4 is 10.2 Å². The van der Waals surface area contributed by atoms with E-state index in [-0.39, 0.29) is 11.8 Å². The van der Waals surface area contributed by atoms with E-state index in [1.165, 1.54) is 0 Å². The molecule has 0 atom stereocenters. The zero-order chi connectivity index (χ0) is 18.8. The second kappa shape index (κ2) is 7.94. The van der Waals surface area contributed by atoms with E-state index in [1.807, 2.05) is 13.8 Å². The standard InChI is InChI=1S/C20H26N4O2S/c1-13-10-16(11-14(2)22-13)18-17(12-21-19(25)15-4-3-5-15)23-20(27-18)24-6-8-26-9-7-24/h10-11,15H,3-9,12H2,1-2H3,(H,21,25). The molecule has 3 heterocycles. The number of hydrogen-bond donors (Lipinski definition) is 1. The summed E-state index contributed by atoms with van der Waals surface area (Å²) < 4.78 is 5.47. The summed E-state index contributed by atoms with van der Waals surface area (Å²) >= 11 is 1.70. The van der Waals surface area contributed by atoms with Gasteiger partial charge in [0, 0.05) is 30.4 Å². The van der Waals surface area contributed by atoms with Crippen LogP contribution in [0.4, 0.5) is 5.13 Å². The molecular weight excluding hydrogens is 360 g/mol. The molecule has 6 nitrogen and oxygen atoms in total. The number of morpholine rings is 1. The molecule has 2 fully saturated rings. The Balaban J connectivity index is 1.61. The van der Waals surface area contributed by atoms with Crippen LogP contribution in [0.2, 0.25) is 0 Å². The zero-order valence-electron chi connectivity index (χ0n) is 16.0. The van der Waals surface area contributed by atoms with E-state index >= 15 is 0 Å². The molecule has 0 spiro atoms. The summed E-state index contributed by atoms with van der Waals surface area (Å²) in [6.45, 7) is 7.68. The van der Waals surface area contributed by atoms with Gasteiger partial charge in [0.2, 0.25) is 5.91 Å². The minimum absolute atomic E-state index is 0.162. The maximum Gasteiger partial charge on any atom is 0.223 e. The van der Waals surface area contributed by atoms with Crippen LogP contribution in [0.3, 0.4) is 0 Å². The lowest BCUT2D eigenvalue weighted by Crippen LogP contribution is -2.36. The number of thiazole rings is 1. The van der Waals surface area contributed by atoms with Crippen LogP contribution >= 0.6 is 11.3 Å². The van der Waals surface area contributed by atoms with Crippen LogP contribution in [-0.4, -0.2) is 42.2 Å². The molecule has 0 radical (unpaired) electrons. The largest absolute Gasteiger partial charge is 0.378 e. The molecule has 0 bridgehead atoms. The summed E-state index contributed by atoms with van der Waals surface area (Å²) in [5.74, 6) is 0.353. The lowest BCUT2D eigenvalue weighted by molar-refractivity contribution is -0.127. The highest BCUT2D eigenvalue weighted by molar-refractivity contribution is 7.19. The topological polar surface area (TPSA) is 67.3 Å². The van der Waals surface area contributed by atoms with E-state index in [1.54, 1.807) is 11.3 Å². The molecule has 2 aromatic rings. The Kier molecular flexibility index (Phi) is 5.41. The number of hydrogen-bond acceptors (Lipinski definition) is 6. The highest BCUT2D eigenvalue weighted by Crippen LogP contribution is 2.36. The van der Waals surface area contributed by atoms with Gasteiger partial charge in [0.1, 0.15) is 0 Å². The molecule has 27 heavy (non-hydrogen) atoms. The van der Waals surface area contributed by atoms with E-state index < -0.39 is 0 Å². The molecule has 4 rings (SSSR count). The van der Waals surface area contributed by atoms with Gasteiger partial charge in [-0.25, -0.2) is 4.98 Å². The van der Waals surface area contributed by atoms with Crippen molar-refractivity contribution in [3.63, 3.8) is 0 Å². The maximum atomic E-state index is 12.3. The predicted molar refractivity (Wildman–Crippen MR) is 107 cm³/mol. The first-order valence-corrected chi connectivity index (χ1v) is 10.5. The van der Waals surface area contributed by atoms with Crippen molar-refractivity contribution < 1.29 is 9.53 Å². The van der Waals surface area contributed by atoms with Crippen molar-refractivity contribution in [1.29, 1.82) is 0 Å². The van der Waals surface area contributed by atoms with Crippen LogP contribution in [0.25, 0.3) is 10.4 Å². The van der Waals surface area contributed by atoms with Crippen LogP contribution in [0.1, 0.15) is 36.3 Å². The van der Waals surface area contributed by atoms with Crippen molar-refractivity contribution in [3.05, 3.63) is 29.2 Å². The molecular formula is C20H26N4O2S. The van der Waals surface area contributed by atoms with Crippen LogP contribution in [0.5, 0.6) is 0 Å². The van der Waals surface area contributed by atoms with Crippen molar-refractivity contribution in [3.8, 4) is 10.4 Å². The van der Waals surface area contributed by atoms with E-state index in [9.17, 15) is 4.79 Å².